The Morgan fingerprint density at radius 1 is 1.37 bits per heavy atom. The molecule has 0 amide bonds. The zero-order valence-corrected chi connectivity index (χ0v) is 18.8. The van der Waals surface area contributed by atoms with Crippen molar-refractivity contribution in [2.45, 2.75) is 57.8 Å². The molecule has 5 nitrogen and oxygen atoms in total. The number of rotatable bonds is 6. The van der Waals surface area contributed by atoms with Crippen molar-refractivity contribution < 1.29 is 24.2 Å². The minimum atomic E-state index is -0.723. The molecule has 6 heteroatoms. The number of aliphatic hydroxyl groups is 1. The van der Waals surface area contributed by atoms with Gasteiger partial charge in [-0.25, -0.2) is 4.79 Å². The van der Waals surface area contributed by atoms with E-state index in [1.165, 1.54) is 0 Å². The van der Waals surface area contributed by atoms with Crippen LogP contribution in [0.1, 0.15) is 49.9 Å². The van der Waals surface area contributed by atoms with Crippen LogP contribution >= 0.6 is 15.9 Å². The molecular weight excluding hydrogens is 448 g/mol. The van der Waals surface area contributed by atoms with Crippen LogP contribution in [-0.4, -0.2) is 35.4 Å². The molecule has 6 atom stereocenters. The Morgan fingerprint density at radius 2 is 2.10 bits per heavy atom. The average Bonchev–Trinajstić information content (AvgIpc) is 3.24. The summed E-state index contributed by atoms with van der Waals surface area (Å²) >= 11 is 3.51. The number of benzene rings is 1. The van der Waals surface area contributed by atoms with Gasteiger partial charge in [-0.05, 0) is 18.1 Å². The van der Waals surface area contributed by atoms with Gasteiger partial charge in [-0.3, -0.25) is 4.79 Å². The van der Waals surface area contributed by atoms with Gasteiger partial charge in [0.25, 0.3) is 0 Å². The lowest BCUT2D eigenvalue weighted by atomic mass is 9.90. The molecule has 1 aliphatic carbocycles. The van der Waals surface area contributed by atoms with Gasteiger partial charge in [0.15, 0.2) is 0 Å². The molecular formula is C24H27BrO5. The van der Waals surface area contributed by atoms with Crippen molar-refractivity contribution in [2.75, 3.05) is 0 Å². The highest BCUT2D eigenvalue weighted by molar-refractivity contribution is 9.11. The van der Waals surface area contributed by atoms with Gasteiger partial charge < -0.3 is 14.6 Å². The van der Waals surface area contributed by atoms with Crippen molar-refractivity contribution >= 4 is 27.9 Å². The lowest BCUT2D eigenvalue weighted by molar-refractivity contribution is -0.141. The largest absolute Gasteiger partial charge is 0.462 e. The number of halogens is 1. The second-order valence-electron chi connectivity index (χ2n) is 7.90. The van der Waals surface area contributed by atoms with E-state index in [0.29, 0.717) is 29.3 Å². The van der Waals surface area contributed by atoms with E-state index in [9.17, 15) is 14.7 Å². The maximum atomic E-state index is 12.6. The van der Waals surface area contributed by atoms with Gasteiger partial charge >= 0.3 is 11.9 Å². The highest BCUT2D eigenvalue weighted by Gasteiger charge is 2.51. The number of carbonyl (C=O) groups is 2. The van der Waals surface area contributed by atoms with E-state index in [1.807, 2.05) is 26.0 Å². The van der Waals surface area contributed by atoms with E-state index in [2.05, 4.69) is 27.8 Å². The van der Waals surface area contributed by atoms with Crippen LogP contribution in [0.2, 0.25) is 0 Å². The number of hydrogen-bond donors (Lipinski definition) is 1. The summed E-state index contributed by atoms with van der Waals surface area (Å²) in [5.74, 6) is 5.12. The molecule has 1 aromatic carbocycles. The van der Waals surface area contributed by atoms with Crippen LogP contribution < -0.4 is 0 Å². The van der Waals surface area contributed by atoms with Crippen molar-refractivity contribution in [1.29, 1.82) is 0 Å². The first kappa shape index (κ1) is 22.6. The monoisotopic (exact) mass is 474 g/mol. The first-order valence-electron chi connectivity index (χ1n) is 10.4. The molecule has 1 aromatic rings. The number of ether oxygens (including phenoxy) is 2. The molecule has 0 unspecified atom stereocenters. The molecule has 2 fully saturated rings. The molecule has 0 radical (unpaired) electrons. The normalized spacial score (nSPS) is 27.5. The van der Waals surface area contributed by atoms with Crippen LogP contribution in [0.4, 0.5) is 0 Å². The van der Waals surface area contributed by atoms with E-state index < -0.39 is 18.2 Å². The smallest absolute Gasteiger partial charge is 0.338 e. The summed E-state index contributed by atoms with van der Waals surface area (Å²) in [5, 5.41) is 10.7. The minimum Gasteiger partial charge on any atom is -0.462 e. The molecule has 1 heterocycles. The quantitative estimate of drug-likeness (QED) is 0.492. The maximum absolute atomic E-state index is 12.6. The molecule has 0 bridgehead atoms. The fraction of sp³-hybridized carbons (Fsp3) is 0.500. The molecule has 1 saturated carbocycles. The summed E-state index contributed by atoms with van der Waals surface area (Å²) in [6.45, 7) is 3.93. The Morgan fingerprint density at radius 3 is 2.80 bits per heavy atom. The van der Waals surface area contributed by atoms with Crippen molar-refractivity contribution in [3.63, 3.8) is 0 Å². The molecule has 0 aromatic heterocycles. The molecule has 3 rings (SSSR count). The van der Waals surface area contributed by atoms with Crippen LogP contribution in [0.5, 0.6) is 0 Å². The maximum Gasteiger partial charge on any atom is 0.338 e. The number of esters is 2. The number of hydrogen-bond acceptors (Lipinski definition) is 5. The number of aliphatic hydroxyl groups excluding tert-OH is 1. The van der Waals surface area contributed by atoms with Crippen LogP contribution in [-0.2, 0) is 14.3 Å². The van der Waals surface area contributed by atoms with Gasteiger partial charge in [0.05, 0.1) is 18.1 Å². The third-order valence-electron chi connectivity index (χ3n) is 5.72. The fourth-order valence-corrected chi connectivity index (χ4v) is 4.81. The Balaban J connectivity index is 1.76. The van der Waals surface area contributed by atoms with E-state index >= 15 is 0 Å². The summed E-state index contributed by atoms with van der Waals surface area (Å²) in [4.78, 5) is 24.4. The summed E-state index contributed by atoms with van der Waals surface area (Å²) in [6.07, 6.45) is 2.61. The number of carbonyl (C=O) groups excluding carboxylic acids is 2. The molecule has 160 valence electrons. The first-order valence-corrected chi connectivity index (χ1v) is 11.2. The molecule has 30 heavy (non-hydrogen) atoms. The van der Waals surface area contributed by atoms with Gasteiger partial charge in [0.1, 0.15) is 12.2 Å². The minimum absolute atomic E-state index is 0.0568. The van der Waals surface area contributed by atoms with Crippen LogP contribution in [0.15, 0.2) is 40.9 Å². The molecule has 0 spiro atoms. The van der Waals surface area contributed by atoms with Crippen molar-refractivity contribution in [3.05, 3.63) is 46.5 Å². The summed E-state index contributed by atoms with van der Waals surface area (Å²) in [6, 6.07) is 8.83. The predicted molar refractivity (Wildman–Crippen MR) is 117 cm³/mol. The van der Waals surface area contributed by atoms with E-state index in [-0.39, 0.29) is 29.8 Å². The third kappa shape index (κ3) is 5.33. The van der Waals surface area contributed by atoms with Gasteiger partial charge in [-0.15, -0.1) is 11.8 Å². The molecule has 1 N–H and O–H groups in total. The number of fused-ring (bicyclic) bond motifs is 1. The van der Waals surface area contributed by atoms with Crippen molar-refractivity contribution in [2.24, 2.45) is 17.8 Å². The molecule has 1 saturated heterocycles. The van der Waals surface area contributed by atoms with Gasteiger partial charge in [0, 0.05) is 35.6 Å². The highest BCUT2D eigenvalue weighted by atomic mass is 79.9. The van der Waals surface area contributed by atoms with Crippen LogP contribution in [0, 0.1) is 29.6 Å². The summed E-state index contributed by atoms with van der Waals surface area (Å²) in [7, 11) is 0. The summed E-state index contributed by atoms with van der Waals surface area (Å²) < 4.78 is 11.9. The fourth-order valence-electron chi connectivity index (χ4n) is 4.06. The predicted octanol–water partition coefficient (Wildman–Crippen LogP) is 4.24. The van der Waals surface area contributed by atoms with Gasteiger partial charge in [-0.2, -0.15) is 0 Å². The van der Waals surface area contributed by atoms with Crippen molar-refractivity contribution in [1.82, 2.24) is 0 Å². The lowest BCUT2D eigenvalue weighted by Gasteiger charge is -2.23. The standard InChI is InChI=1S/C24H27BrO5/c1-3-4-6-9-15(2)23(27)19(25)12-17-18-13-22(26)29-20(18)14-21(17)30-24(28)16-10-7-5-8-11-16/h5,7-8,10-12,15,17-18,20-21,23,27H,3,9,13-14H2,1-2H3/b19-12+/t15-,17+,18+,20-,21+,23+/m0/s1. The third-order valence-corrected chi connectivity index (χ3v) is 6.45. The van der Waals surface area contributed by atoms with E-state index in [1.54, 1.807) is 24.3 Å². The SMILES string of the molecule is CCC#CC[C@H](C)[C@@H](O)/C(Br)=C\[C@@H]1[C@H]2CC(=O)O[C@H]2C[C@H]1OC(=O)c1ccccc1. The lowest BCUT2D eigenvalue weighted by Crippen LogP contribution is -2.26. The zero-order chi connectivity index (χ0) is 21.7. The Hall–Kier alpha value is -2.10. The van der Waals surface area contributed by atoms with Crippen LogP contribution in [0.25, 0.3) is 0 Å². The van der Waals surface area contributed by atoms with Crippen LogP contribution in [0.3, 0.4) is 0 Å². The second kappa shape index (κ2) is 10.3. The van der Waals surface area contributed by atoms with Gasteiger partial charge in [-0.1, -0.05) is 54.1 Å². The highest BCUT2D eigenvalue weighted by Crippen LogP contribution is 2.44. The first-order chi connectivity index (χ1) is 14.4. The molecule has 2 aliphatic rings. The zero-order valence-electron chi connectivity index (χ0n) is 17.2. The average molecular weight is 475 g/mol. The Labute approximate surface area is 186 Å². The van der Waals surface area contributed by atoms with E-state index in [0.717, 1.165) is 6.42 Å². The summed E-state index contributed by atoms with van der Waals surface area (Å²) in [5.41, 5.74) is 0.483. The second-order valence-corrected chi connectivity index (χ2v) is 8.82. The topological polar surface area (TPSA) is 72.8 Å². The van der Waals surface area contributed by atoms with Crippen molar-refractivity contribution in [3.8, 4) is 11.8 Å². The molecule has 1 aliphatic heterocycles. The Kier molecular flexibility index (Phi) is 7.74. The van der Waals surface area contributed by atoms with E-state index in [4.69, 9.17) is 9.47 Å². The Bertz CT molecular complexity index is 853. The van der Waals surface area contributed by atoms with Gasteiger partial charge in [0.2, 0.25) is 0 Å².